The highest BCUT2D eigenvalue weighted by atomic mass is 19.3. The number of halogens is 7. The molecule has 0 heterocycles. The number of primary amides is 1. The van der Waals surface area contributed by atoms with Crippen molar-refractivity contribution in [2.24, 2.45) is 5.73 Å². The van der Waals surface area contributed by atoms with Crippen molar-refractivity contribution >= 4 is 6.03 Å². The average molecular weight is 266 g/mol. The number of nitrogens with one attached hydrogen (secondary N) is 1. The fourth-order valence-electron chi connectivity index (χ4n) is 1.17. The van der Waals surface area contributed by atoms with Crippen LogP contribution in [0.3, 0.4) is 0 Å². The first-order valence-electron chi connectivity index (χ1n) is 3.98. The summed E-state index contributed by atoms with van der Waals surface area (Å²) < 4.78 is 89.8. The fourth-order valence-corrected chi connectivity index (χ4v) is 1.17. The van der Waals surface area contributed by atoms with Crippen molar-refractivity contribution in [3.63, 3.8) is 0 Å². The lowest BCUT2D eigenvalue weighted by Crippen LogP contribution is -2.70. The summed E-state index contributed by atoms with van der Waals surface area (Å²) in [5.74, 6) is -21.6. The van der Waals surface area contributed by atoms with Crippen molar-refractivity contribution in [2.75, 3.05) is 0 Å². The van der Waals surface area contributed by atoms with Crippen LogP contribution in [-0.4, -0.2) is 29.6 Å². The van der Waals surface area contributed by atoms with E-state index in [0.29, 0.717) is 5.32 Å². The third-order valence-corrected chi connectivity index (χ3v) is 2.10. The van der Waals surface area contributed by atoms with Gasteiger partial charge in [-0.3, -0.25) is 5.32 Å². The molecule has 0 bridgehead atoms. The zero-order valence-corrected chi connectivity index (χ0v) is 7.79. The minimum Gasteiger partial charge on any atom is -0.352 e. The normalized spacial score (nSPS) is 33.1. The predicted molar refractivity (Wildman–Crippen MR) is 40.5 cm³/mol. The van der Waals surface area contributed by atoms with Gasteiger partial charge in [0.1, 0.15) is 0 Å². The smallest absolute Gasteiger partial charge is 0.352 e. The van der Waals surface area contributed by atoms with Crippen LogP contribution in [0.4, 0.5) is 35.5 Å². The molecule has 0 fully saturated rings. The zero-order valence-electron chi connectivity index (χ0n) is 7.79. The summed E-state index contributed by atoms with van der Waals surface area (Å²) >= 11 is 0. The third kappa shape index (κ3) is 1.62. The van der Waals surface area contributed by atoms with Gasteiger partial charge in [0, 0.05) is 0 Å². The fraction of sp³-hybridized carbons (Fsp3) is 0.571. The Labute approximate surface area is 89.4 Å². The maximum absolute atomic E-state index is 13.4. The molecule has 0 aromatic rings. The van der Waals surface area contributed by atoms with Crippen LogP contribution in [-0.2, 0) is 0 Å². The monoisotopic (exact) mass is 266 g/mol. The Morgan fingerprint density at radius 3 is 1.82 bits per heavy atom. The zero-order chi connectivity index (χ0) is 13.7. The first-order valence-corrected chi connectivity index (χ1v) is 3.98. The lowest BCUT2D eigenvalue weighted by Gasteiger charge is -2.41. The van der Waals surface area contributed by atoms with Crippen molar-refractivity contribution in [2.45, 2.75) is 23.6 Å². The molecule has 10 heteroatoms. The summed E-state index contributed by atoms with van der Waals surface area (Å²) in [6.45, 7) is 0. The maximum atomic E-state index is 13.4. The molecular formula is C7H5F7N2O. The number of nitrogens with two attached hydrogens (primary N) is 1. The second kappa shape index (κ2) is 3.26. The summed E-state index contributed by atoms with van der Waals surface area (Å²) in [5, 5.41) is 0.664. The molecule has 17 heavy (non-hydrogen) atoms. The van der Waals surface area contributed by atoms with E-state index in [1.807, 2.05) is 0 Å². The summed E-state index contributed by atoms with van der Waals surface area (Å²) in [5.41, 5.74) is 4.30. The molecule has 0 aliphatic heterocycles. The van der Waals surface area contributed by atoms with Crippen LogP contribution in [0.15, 0.2) is 12.2 Å². The highest BCUT2D eigenvalue weighted by molar-refractivity contribution is 5.73. The molecule has 0 aromatic carbocycles. The summed E-state index contributed by atoms with van der Waals surface area (Å²) in [4.78, 5) is 10.2. The molecule has 2 amide bonds. The SMILES string of the molecule is NC(=O)NC1(F)C=CC(F)(F)C(F)(F)C1(F)F. The molecule has 1 aliphatic carbocycles. The van der Waals surface area contributed by atoms with Crippen LogP contribution < -0.4 is 11.1 Å². The van der Waals surface area contributed by atoms with Gasteiger partial charge in [0.15, 0.2) is 0 Å². The van der Waals surface area contributed by atoms with E-state index in [0.717, 1.165) is 0 Å². The number of alkyl halides is 7. The van der Waals surface area contributed by atoms with Gasteiger partial charge in [0.25, 0.3) is 5.79 Å². The second-order valence-electron chi connectivity index (χ2n) is 3.31. The molecule has 3 nitrogen and oxygen atoms in total. The minimum atomic E-state index is -6.01. The van der Waals surface area contributed by atoms with Crippen molar-refractivity contribution in [3.05, 3.63) is 12.2 Å². The molecule has 1 aliphatic rings. The van der Waals surface area contributed by atoms with Crippen molar-refractivity contribution < 1.29 is 35.5 Å². The molecule has 0 saturated heterocycles. The van der Waals surface area contributed by atoms with Crippen LogP contribution in [0.5, 0.6) is 0 Å². The number of hydrogen-bond donors (Lipinski definition) is 2. The molecule has 98 valence electrons. The molecule has 0 aromatic heterocycles. The molecule has 0 saturated carbocycles. The summed E-state index contributed by atoms with van der Waals surface area (Å²) in [7, 11) is 0. The first kappa shape index (κ1) is 13.6. The average Bonchev–Trinajstić information content (AvgIpc) is 2.11. The van der Waals surface area contributed by atoms with E-state index in [-0.39, 0.29) is 0 Å². The maximum Gasteiger partial charge on any atom is 0.381 e. The Bertz CT molecular complexity index is 380. The molecule has 1 rings (SSSR count). The molecule has 1 atom stereocenters. The van der Waals surface area contributed by atoms with Crippen LogP contribution in [0.2, 0.25) is 0 Å². The van der Waals surface area contributed by atoms with Gasteiger partial charge in [-0.25, -0.2) is 9.18 Å². The van der Waals surface area contributed by atoms with Gasteiger partial charge in [0.05, 0.1) is 0 Å². The van der Waals surface area contributed by atoms with Crippen LogP contribution in [0.25, 0.3) is 0 Å². The largest absolute Gasteiger partial charge is 0.381 e. The first-order chi connectivity index (χ1) is 7.37. The summed E-state index contributed by atoms with van der Waals surface area (Å²) in [6.07, 6.45) is -1.31. The number of rotatable bonds is 1. The van der Waals surface area contributed by atoms with Gasteiger partial charge in [0.2, 0.25) is 0 Å². The summed E-state index contributed by atoms with van der Waals surface area (Å²) in [6, 6.07) is -1.90. The van der Waals surface area contributed by atoms with Gasteiger partial charge in [-0.2, -0.15) is 26.3 Å². The molecule has 3 N–H and O–H groups in total. The number of carbonyl (C=O) groups is 1. The minimum absolute atomic E-state index is 0.560. The van der Waals surface area contributed by atoms with E-state index >= 15 is 0 Å². The van der Waals surface area contributed by atoms with E-state index in [9.17, 15) is 35.5 Å². The van der Waals surface area contributed by atoms with Gasteiger partial charge in [-0.05, 0) is 12.2 Å². The van der Waals surface area contributed by atoms with Crippen molar-refractivity contribution in [1.82, 2.24) is 5.32 Å². The third-order valence-electron chi connectivity index (χ3n) is 2.10. The van der Waals surface area contributed by atoms with E-state index < -0.39 is 41.7 Å². The van der Waals surface area contributed by atoms with Crippen LogP contribution in [0, 0.1) is 0 Å². The quantitative estimate of drug-likeness (QED) is 0.424. The van der Waals surface area contributed by atoms with Gasteiger partial charge < -0.3 is 5.73 Å². The number of allylic oxidation sites excluding steroid dienone is 1. The predicted octanol–water partition coefficient (Wildman–Crippen LogP) is 1.80. The Kier molecular flexibility index (Phi) is 2.61. The van der Waals surface area contributed by atoms with Gasteiger partial charge >= 0.3 is 23.8 Å². The Hall–Kier alpha value is -1.48. The van der Waals surface area contributed by atoms with E-state index in [1.165, 1.54) is 0 Å². The van der Waals surface area contributed by atoms with Crippen molar-refractivity contribution in [3.8, 4) is 0 Å². The van der Waals surface area contributed by atoms with Crippen molar-refractivity contribution in [1.29, 1.82) is 0 Å². The van der Waals surface area contributed by atoms with Gasteiger partial charge in [-0.1, -0.05) is 0 Å². The van der Waals surface area contributed by atoms with E-state index in [1.54, 1.807) is 0 Å². The highest BCUT2D eigenvalue weighted by Crippen LogP contribution is 2.55. The molecule has 1 unspecified atom stereocenters. The molecule has 0 spiro atoms. The Morgan fingerprint density at radius 2 is 1.41 bits per heavy atom. The van der Waals surface area contributed by atoms with E-state index in [2.05, 4.69) is 5.73 Å². The topological polar surface area (TPSA) is 55.1 Å². The number of hydrogen-bond acceptors (Lipinski definition) is 1. The number of amides is 2. The molecule has 0 radical (unpaired) electrons. The molecular weight excluding hydrogens is 261 g/mol. The number of urea groups is 1. The lowest BCUT2D eigenvalue weighted by molar-refractivity contribution is -0.333. The Balaban J connectivity index is 3.35. The van der Waals surface area contributed by atoms with Crippen LogP contribution in [0.1, 0.15) is 0 Å². The standard InChI is InChI=1S/C7H5F7N2O/c8-4(9)1-2-5(10,16-3(15)17)7(13,14)6(4,11)12/h1-2H,(H3,15,16,17). The highest BCUT2D eigenvalue weighted by Gasteiger charge is 2.81. The Morgan fingerprint density at radius 1 is 0.941 bits per heavy atom. The van der Waals surface area contributed by atoms with Crippen LogP contribution >= 0.6 is 0 Å². The van der Waals surface area contributed by atoms with E-state index in [4.69, 9.17) is 0 Å². The lowest BCUT2D eigenvalue weighted by atomic mass is 9.89. The second-order valence-corrected chi connectivity index (χ2v) is 3.31. The number of carbonyl (C=O) groups excluding carboxylic acids is 1. The van der Waals surface area contributed by atoms with Gasteiger partial charge in [-0.15, -0.1) is 0 Å².